The molecule has 1 atom stereocenters. The molecular formula is C18H20BrNO3. The number of hydrogen-bond donors (Lipinski definition) is 1. The van der Waals surface area contributed by atoms with Gasteiger partial charge in [0, 0.05) is 16.6 Å². The summed E-state index contributed by atoms with van der Waals surface area (Å²) in [7, 11) is 5.36. The highest BCUT2D eigenvalue weighted by Crippen LogP contribution is 2.43. The second-order valence-corrected chi connectivity index (χ2v) is 6.66. The number of nitrogens with zero attached hydrogens (tertiary/aromatic N) is 1. The predicted octanol–water partition coefficient (Wildman–Crippen LogP) is 3.75. The molecule has 0 spiro atoms. The molecule has 0 aromatic heterocycles. The summed E-state index contributed by atoms with van der Waals surface area (Å²) in [4.78, 5) is 2.25. The van der Waals surface area contributed by atoms with Gasteiger partial charge in [0.05, 0.1) is 20.3 Å². The van der Waals surface area contributed by atoms with Gasteiger partial charge in [-0.2, -0.15) is 0 Å². The number of benzene rings is 2. The first kappa shape index (κ1) is 16.1. The number of phenolic OH excluding ortho intramolecular Hbond substituents is 1. The SMILES string of the molecule is COc1cc2c(cc1OC)C(c1cc(Br)ccc1O)N(C)CC2. The number of aromatic hydroxyl groups is 1. The van der Waals surface area contributed by atoms with E-state index in [9.17, 15) is 5.11 Å². The zero-order chi connectivity index (χ0) is 16.6. The molecule has 1 N–H and O–H groups in total. The van der Waals surface area contributed by atoms with E-state index in [0.29, 0.717) is 11.5 Å². The van der Waals surface area contributed by atoms with E-state index >= 15 is 0 Å². The summed E-state index contributed by atoms with van der Waals surface area (Å²) in [6.07, 6.45) is 0.942. The molecule has 3 rings (SSSR count). The maximum absolute atomic E-state index is 10.4. The van der Waals surface area contributed by atoms with E-state index in [0.717, 1.165) is 34.3 Å². The summed E-state index contributed by atoms with van der Waals surface area (Å²) >= 11 is 3.50. The van der Waals surface area contributed by atoms with Gasteiger partial charge in [-0.1, -0.05) is 15.9 Å². The first-order valence-corrected chi connectivity index (χ1v) is 8.28. The largest absolute Gasteiger partial charge is 0.508 e. The highest BCUT2D eigenvalue weighted by atomic mass is 79.9. The maximum Gasteiger partial charge on any atom is 0.161 e. The van der Waals surface area contributed by atoms with Gasteiger partial charge in [0.2, 0.25) is 0 Å². The summed E-state index contributed by atoms with van der Waals surface area (Å²) in [6, 6.07) is 9.59. The normalized spacial score (nSPS) is 17.7. The minimum Gasteiger partial charge on any atom is -0.508 e. The van der Waals surface area contributed by atoms with Crippen LogP contribution in [-0.2, 0) is 6.42 Å². The third-order valence-electron chi connectivity index (χ3n) is 4.40. The zero-order valence-electron chi connectivity index (χ0n) is 13.5. The van der Waals surface area contributed by atoms with Gasteiger partial charge < -0.3 is 14.6 Å². The van der Waals surface area contributed by atoms with Crippen LogP contribution < -0.4 is 9.47 Å². The number of ether oxygens (including phenoxy) is 2. The smallest absolute Gasteiger partial charge is 0.161 e. The number of halogens is 1. The molecule has 0 amide bonds. The Balaban J connectivity index is 2.18. The summed E-state index contributed by atoms with van der Waals surface area (Å²) in [5.74, 6) is 1.75. The third-order valence-corrected chi connectivity index (χ3v) is 4.89. The summed E-state index contributed by atoms with van der Waals surface area (Å²) in [6.45, 7) is 0.916. The van der Waals surface area contributed by atoms with Crippen molar-refractivity contribution < 1.29 is 14.6 Å². The van der Waals surface area contributed by atoms with Gasteiger partial charge in [-0.05, 0) is 54.9 Å². The second-order valence-electron chi connectivity index (χ2n) is 5.74. The molecule has 0 saturated carbocycles. The van der Waals surface area contributed by atoms with Crippen LogP contribution in [0, 0.1) is 0 Å². The van der Waals surface area contributed by atoms with Crippen LogP contribution in [0.15, 0.2) is 34.8 Å². The first-order valence-electron chi connectivity index (χ1n) is 7.48. The fourth-order valence-corrected chi connectivity index (χ4v) is 3.60. The fourth-order valence-electron chi connectivity index (χ4n) is 3.22. The lowest BCUT2D eigenvalue weighted by atomic mass is 9.87. The molecule has 2 aromatic carbocycles. The molecule has 0 aliphatic carbocycles. The number of methoxy groups -OCH3 is 2. The van der Waals surface area contributed by atoms with Crippen LogP contribution in [-0.4, -0.2) is 37.8 Å². The van der Waals surface area contributed by atoms with E-state index in [4.69, 9.17) is 9.47 Å². The fraction of sp³-hybridized carbons (Fsp3) is 0.333. The van der Waals surface area contributed by atoms with Crippen LogP contribution in [0.3, 0.4) is 0 Å². The first-order chi connectivity index (χ1) is 11.0. The maximum atomic E-state index is 10.4. The van der Waals surface area contributed by atoms with Gasteiger partial charge >= 0.3 is 0 Å². The Morgan fingerprint density at radius 2 is 1.78 bits per heavy atom. The van der Waals surface area contributed by atoms with Crippen LogP contribution in [0.1, 0.15) is 22.7 Å². The van der Waals surface area contributed by atoms with Gasteiger partial charge in [0.15, 0.2) is 11.5 Å². The van der Waals surface area contributed by atoms with E-state index in [1.54, 1.807) is 20.3 Å². The van der Waals surface area contributed by atoms with Gasteiger partial charge in [0.1, 0.15) is 5.75 Å². The molecule has 1 aliphatic heterocycles. The van der Waals surface area contributed by atoms with Crippen LogP contribution in [0.25, 0.3) is 0 Å². The lowest BCUT2D eigenvalue weighted by Gasteiger charge is -2.35. The molecule has 4 nitrogen and oxygen atoms in total. The Morgan fingerprint density at radius 1 is 1.09 bits per heavy atom. The zero-order valence-corrected chi connectivity index (χ0v) is 15.1. The van der Waals surface area contributed by atoms with Crippen molar-refractivity contribution >= 4 is 15.9 Å². The van der Waals surface area contributed by atoms with Gasteiger partial charge in [0.25, 0.3) is 0 Å². The number of likely N-dealkylation sites (N-methyl/N-ethyl adjacent to an activating group) is 1. The van der Waals surface area contributed by atoms with Crippen molar-refractivity contribution in [3.05, 3.63) is 51.5 Å². The van der Waals surface area contributed by atoms with E-state index in [1.807, 2.05) is 24.3 Å². The molecule has 2 aromatic rings. The quantitative estimate of drug-likeness (QED) is 0.884. The van der Waals surface area contributed by atoms with Crippen LogP contribution >= 0.6 is 15.9 Å². The van der Waals surface area contributed by atoms with Crippen molar-refractivity contribution in [1.82, 2.24) is 4.90 Å². The van der Waals surface area contributed by atoms with Crippen molar-refractivity contribution in [2.24, 2.45) is 0 Å². The van der Waals surface area contributed by atoms with Crippen LogP contribution in [0.2, 0.25) is 0 Å². The van der Waals surface area contributed by atoms with E-state index < -0.39 is 0 Å². The minimum absolute atomic E-state index is 0.0175. The Bertz CT molecular complexity index is 732. The van der Waals surface area contributed by atoms with Gasteiger partial charge in [-0.25, -0.2) is 0 Å². The van der Waals surface area contributed by atoms with Gasteiger partial charge in [-0.15, -0.1) is 0 Å². The Hall–Kier alpha value is -1.72. The van der Waals surface area contributed by atoms with E-state index in [2.05, 4.69) is 27.9 Å². The molecule has 5 heteroatoms. The Kier molecular flexibility index (Phi) is 4.50. The van der Waals surface area contributed by atoms with E-state index in [1.165, 1.54) is 5.56 Å². The molecule has 0 radical (unpaired) electrons. The molecule has 0 saturated heterocycles. The van der Waals surface area contributed by atoms with Gasteiger partial charge in [-0.3, -0.25) is 4.90 Å². The van der Waals surface area contributed by atoms with E-state index in [-0.39, 0.29) is 6.04 Å². The van der Waals surface area contributed by atoms with Crippen molar-refractivity contribution in [1.29, 1.82) is 0 Å². The lowest BCUT2D eigenvalue weighted by Crippen LogP contribution is -2.33. The number of phenols is 1. The summed E-state index contributed by atoms with van der Waals surface area (Å²) in [5, 5.41) is 10.4. The van der Waals surface area contributed by atoms with Crippen LogP contribution in [0.5, 0.6) is 17.2 Å². The second kappa shape index (κ2) is 6.42. The molecular weight excluding hydrogens is 358 g/mol. The van der Waals surface area contributed by atoms with Crippen molar-refractivity contribution in [2.45, 2.75) is 12.5 Å². The molecule has 1 aliphatic rings. The number of hydrogen-bond acceptors (Lipinski definition) is 4. The molecule has 122 valence electrons. The molecule has 1 unspecified atom stereocenters. The summed E-state index contributed by atoms with van der Waals surface area (Å²) < 4.78 is 11.8. The van der Waals surface area contributed by atoms with Crippen molar-refractivity contribution in [2.75, 3.05) is 27.8 Å². The predicted molar refractivity (Wildman–Crippen MR) is 93.5 cm³/mol. The molecule has 0 bridgehead atoms. The minimum atomic E-state index is -0.0175. The number of fused-ring (bicyclic) bond motifs is 1. The highest BCUT2D eigenvalue weighted by Gasteiger charge is 2.30. The standard InChI is InChI=1S/C18H20BrNO3/c1-20-7-6-11-8-16(22-2)17(23-3)10-13(11)18(20)14-9-12(19)4-5-15(14)21/h4-5,8-10,18,21H,6-7H2,1-3H3. The number of rotatable bonds is 3. The lowest BCUT2D eigenvalue weighted by molar-refractivity contribution is 0.257. The van der Waals surface area contributed by atoms with Crippen molar-refractivity contribution in [3.8, 4) is 17.2 Å². The topological polar surface area (TPSA) is 41.9 Å². The summed E-state index contributed by atoms with van der Waals surface area (Å²) in [5.41, 5.74) is 3.25. The third kappa shape index (κ3) is 2.91. The molecule has 23 heavy (non-hydrogen) atoms. The average molecular weight is 378 g/mol. The highest BCUT2D eigenvalue weighted by molar-refractivity contribution is 9.10. The van der Waals surface area contributed by atoms with Crippen molar-refractivity contribution in [3.63, 3.8) is 0 Å². The molecule has 0 fully saturated rings. The molecule has 1 heterocycles. The van der Waals surface area contributed by atoms with Crippen LogP contribution in [0.4, 0.5) is 0 Å². The Labute approximate surface area is 144 Å². The monoisotopic (exact) mass is 377 g/mol. The average Bonchev–Trinajstić information content (AvgIpc) is 2.56. The Morgan fingerprint density at radius 3 is 2.48 bits per heavy atom.